The summed E-state index contributed by atoms with van der Waals surface area (Å²) in [6.07, 6.45) is 1.68. The molecule has 4 aromatic rings. The Balaban J connectivity index is 1.14. The molecule has 1 aromatic heterocycles. The lowest BCUT2D eigenvalue weighted by Gasteiger charge is -2.41. The molecule has 2 aliphatic rings. The summed E-state index contributed by atoms with van der Waals surface area (Å²) in [5, 5.41) is 0. The number of nitrogens with two attached hydrogens (primary N) is 1. The predicted octanol–water partition coefficient (Wildman–Crippen LogP) is 4.91. The van der Waals surface area contributed by atoms with Crippen LogP contribution in [0, 0.1) is 13.8 Å². The summed E-state index contributed by atoms with van der Waals surface area (Å²) in [4.78, 5) is 19.0. The average molecular weight is 534 g/mol. The molecular weight excluding hydrogens is 494 g/mol. The summed E-state index contributed by atoms with van der Waals surface area (Å²) in [6.45, 7) is 11.7. The second-order valence-electron chi connectivity index (χ2n) is 10.9. The second-order valence-corrected chi connectivity index (χ2v) is 10.9. The molecule has 0 aliphatic carbocycles. The lowest BCUT2D eigenvalue weighted by Crippen LogP contribution is -2.49. The van der Waals surface area contributed by atoms with Gasteiger partial charge >= 0.3 is 0 Å². The van der Waals surface area contributed by atoms with Crippen LogP contribution in [-0.4, -0.2) is 67.2 Å². The van der Waals surface area contributed by atoms with Gasteiger partial charge in [-0.15, -0.1) is 0 Å². The van der Waals surface area contributed by atoms with Crippen molar-refractivity contribution in [2.45, 2.75) is 19.9 Å². The maximum Gasteiger partial charge on any atom is 0.157 e. The molecule has 3 aromatic carbocycles. The van der Waals surface area contributed by atoms with E-state index in [1.807, 2.05) is 0 Å². The molecule has 40 heavy (non-hydrogen) atoms. The summed E-state index contributed by atoms with van der Waals surface area (Å²) < 4.78 is 0. The molecule has 0 atom stereocenters. The Kier molecular flexibility index (Phi) is 7.55. The first-order valence-electron chi connectivity index (χ1n) is 14.4. The van der Waals surface area contributed by atoms with E-state index in [9.17, 15) is 0 Å². The fourth-order valence-electron chi connectivity index (χ4n) is 6.20. The minimum atomic E-state index is 0.233. The lowest BCUT2D eigenvalue weighted by atomic mass is 9.96. The maximum atomic E-state index is 6.78. The molecule has 3 heterocycles. The second kappa shape index (κ2) is 11.6. The molecule has 2 aliphatic heterocycles. The molecule has 2 N–H and O–H groups in total. The quantitative estimate of drug-likeness (QED) is 0.378. The molecule has 0 bridgehead atoms. The molecule has 7 heteroatoms. The largest absolute Gasteiger partial charge is 0.393 e. The van der Waals surface area contributed by atoms with Gasteiger partial charge in [0.15, 0.2) is 11.6 Å². The van der Waals surface area contributed by atoms with Gasteiger partial charge in [0.2, 0.25) is 0 Å². The van der Waals surface area contributed by atoms with Crippen LogP contribution in [0.15, 0.2) is 85.2 Å². The topological polar surface area (TPSA) is 64.8 Å². The van der Waals surface area contributed by atoms with Crippen molar-refractivity contribution in [1.29, 1.82) is 0 Å². The zero-order chi connectivity index (χ0) is 27.5. The Bertz CT molecular complexity index is 1370. The number of nitrogen functional groups attached to an aromatic ring is 1. The van der Waals surface area contributed by atoms with E-state index in [2.05, 4.69) is 122 Å². The highest BCUT2D eigenvalue weighted by molar-refractivity contribution is 5.76. The Labute approximate surface area is 237 Å². The van der Waals surface area contributed by atoms with Gasteiger partial charge in [-0.05, 0) is 42.2 Å². The highest BCUT2D eigenvalue weighted by Gasteiger charge is 2.29. The number of piperazine rings is 2. The summed E-state index contributed by atoms with van der Waals surface area (Å²) in [5.41, 5.74) is 14.1. The van der Waals surface area contributed by atoms with Crippen molar-refractivity contribution in [2.75, 3.05) is 72.8 Å². The van der Waals surface area contributed by atoms with Crippen LogP contribution in [0.4, 0.5) is 23.0 Å². The van der Waals surface area contributed by atoms with Crippen molar-refractivity contribution in [3.8, 4) is 0 Å². The first-order valence-corrected chi connectivity index (χ1v) is 14.4. The van der Waals surface area contributed by atoms with Gasteiger partial charge in [0, 0.05) is 58.0 Å². The standard InChI is InChI=1S/C33H39N7/c1-25-10-9-15-29(26(25)2)37-16-20-39(21-17-37)32-30(34)33(36-24-35-32)40-22-18-38(19-23-40)31(27-11-5-3-6-12-27)28-13-7-4-8-14-28/h3-15,24,31H,16-23,34H2,1-2H3. The van der Waals surface area contributed by atoms with E-state index in [1.165, 1.54) is 27.9 Å². The van der Waals surface area contributed by atoms with Crippen molar-refractivity contribution in [1.82, 2.24) is 14.9 Å². The van der Waals surface area contributed by atoms with E-state index in [0.29, 0.717) is 5.69 Å². The van der Waals surface area contributed by atoms with Crippen molar-refractivity contribution in [2.24, 2.45) is 0 Å². The van der Waals surface area contributed by atoms with E-state index in [0.717, 1.165) is 64.0 Å². The van der Waals surface area contributed by atoms with Crippen LogP contribution in [0.5, 0.6) is 0 Å². The van der Waals surface area contributed by atoms with E-state index in [1.54, 1.807) is 6.33 Å². The Morgan fingerprint density at radius 1 is 0.600 bits per heavy atom. The molecule has 206 valence electrons. The van der Waals surface area contributed by atoms with Gasteiger partial charge in [-0.3, -0.25) is 4.90 Å². The van der Waals surface area contributed by atoms with E-state index >= 15 is 0 Å². The first kappa shape index (κ1) is 26.1. The first-order chi connectivity index (χ1) is 19.6. The van der Waals surface area contributed by atoms with Crippen LogP contribution < -0.4 is 20.4 Å². The smallest absolute Gasteiger partial charge is 0.157 e. The van der Waals surface area contributed by atoms with Crippen LogP contribution in [0.25, 0.3) is 0 Å². The molecule has 0 amide bonds. The SMILES string of the molecule is Cc1cccc(N2CCN(c3ncnc(N4CCN(C(c5ccccc5)c5ccccc5)CC4)c3N)CC2)c1C. The Morgan fingerprint density at radius 3 is 1.65 bits per heavy atom. The normalized spacial score (nSPS) is 16.5. The van der Waals surface area contributed by atoms with Crippen molar-refractivity contribution in [3.05, 3.63) is 107 Å². The number of aryl methyl sites for hydroxylation is 1. The van der Waals surface area contributed by atoms with Gasteiger partial charge < -0.3 is 20.4 Å². The molecule has 2 fully saturated rings. The zero-order valence-electron chi connectivity index (χ0n) is 23.6. The van der Waals surface area contributed by atoms with Crippen molar-refractivity contribution < 1.29 is 0 Å². The van der Waals surface area contributed by atoms with Crippen LogP contribution in [-0.2, 0) is 0 Å². The lowest BCUT2D eigenvalue weighted by molar-refractivity contribution is 0.212. The summed E-state index contributed by atoms with van der Waals surface area (Å²) in [7, 11) is 0. The van der Waals surface area contributed by atoms with Crippen LogP contribution in [0.1, 0.15) is 28.3 Å². The molecule has 6 rings (SSSR count). The third kappa shape index (κ3) is 5.21. The zero-order valence-corrected chi connectivity index (χ0v) is 23.6. The molecule has 0 radical (unpaired) electrons. The third-order valence-corrected chi connectivity index (χ3v) is 8.55. The average Bonchev–Trinajstić information content (AvgIpc) is 3.01. The molecule has 0 spiro atoms. The number of hydrogen-bond acceptors (Lipinski definition) is 7. The van der Waals surface area contributed by atoms with E-state index in [-0.39, 0.29) is 6.04 Å². The summed E-state index contributed by atoms with van der Waals surface area (Å²) in [5.74, 6) is 1.72. The van der Waals surface area contributed by atoms with Gasteiger partial charge in [-0.2, -0.15) is 0 Å². The minimum Gasteiger partial charge on any atom is -0.393 e. The van der Waals surface area contributed by atoms with Gasteiger partial charge in [-0.25, -0.2) is 9.97 Å². The van der Waals surface area contributed by atoms with E-state index in [4.69, 9.17) is 5.73 Å². The number of nitrogens with zero attached hydrogens (tertiary/aromatic N) is 6. The number of aromatic nitrogens is 2. The molecule has 7 nitrogen and oxygen atoms in total. The summed E-state index contributed by atoms with van der Waals surface area (Å²) in [6, 6.07) is 28.4. The highest BCUT2D eigenvalue weighted by atomic mass is 15.3. The fraction of sp³-hybridized carbons (Fsp3) is 0.333. The van der Waals surface area contributed by atoms with Gasteiger partial charge in [0.25, 0.3) is 0 Å². The minimum absolute atomic E-state index is 0.233. The third-order valence-electron chi connectivity index (χ3n) is 8.55. The van der Waals surface area contributed by atoms with Crippen LogP contribution in [0.2, 0.25) is 0 Å². The summed E-state index contributed by atoms with van der Waals surface area (Å²) >= 11 is 0. The number of hydrogen-bond donors (Lipinski definition) is 1. The Morgan fingerprint density at radius 2 is 1.10 bits per heavy atom. The van der Waals surface area contributed by atoms with Gasteiger partial charge in [0.1, 0.15) is 12.0 Å². The number of benzene rings is 3. The highest BCUT2D eigenvalue weighted by Crippen LogP contribution is 2.34. The monoisotopic (exact) mass is 533 g/mol. The van der Waals surface area contributed by atoms with E-state index < -0.39 is 0 Å². The van der Waals surface area contributed by atoms with Crippen LogP contribution >= 0.6 is 0 Å². The van der Waals surface area contributed by atoms with Crippen molar-refractivity contribution in [3.63, 3.8) is 0 Å². The van der Waals surface area contributed by atoms with Gasteiger partial charge in [0.05, 0.1) is 6.04 Å². The number of rotatable bonds is 6. The van der Waals surface area contributed by atoms with Crippen LogP contribution in [0.3, 0.4) is 0 Å². The van der Waals surface area contributed by atoms with Gasteiger partial charge in [-0.1, -0.05) is 72.8 Å². The predicted molar refractivity (Wildman–Crippen MR) is 165 cm³/mol. The maximum absolute atomic E-state index is 6.78. The molecule has 0 unspecified atom stereocenters. The Hall–Kier alpha value is -4.10. The number of anilines is 4. The fourth-order valence-corrected chi connectivity index (χ4v) is 6.20. The van der Waals surface area contributed by atoms with Crippen molar-refractivity contribution >= 4 is 23.0 Å². The molecule has 2 saturated heterocycles. The molecular formula is C33H39N7. The molecule has 0 saturated carbocycles.